The summed E-state index contributed by atoms with van der Waals surface area (Å²) in [6.07, 6.45) is 0. The average molecular weight is 423 g/mol. The Balaban J connectivity index is 1.53. The Morgan fingerprint density at radius 1 is 0.545 bits per heavy atom. The molecule has 3 heteroatoms. The van der Waals surface area contributed by atoms with Crippen LogP contribution in [0.5, 0.6) is 0 Å². The third-order valence-corrected chi connectivity index (χ3v) is 6.03. The van der Waals surface area contributed by atoms with E-state index in [9.17, 15) is 9.59 Å². The fourth-order valence-electron chi connectivity index (χ4n) is 4.49. The molecule has 154 valence electrons. The highest BCUT2D eigenvalue weighted by Gasteiger charge is 2.35. The molecule has 0 aromatic heterocycles. The Hall–Kier alpha value is -4.68. The molecule has 0 saturated heterocycles. The lowest BCUT2D eigenvalue weighted by Gasteiger charge is -2.28. The van der Waals surface area contributed by atoms with Crippen molar-refractivity contribution in [2.75, 3.05) is 4.90 Å². The van der Waals surface area contributed by atoms with Gasteiger partial charge in [0.1, 0.15) is 0 Å². The molecule has 0 fully saturated rings. The number of rotatable bonds is 1. The van der Waals surface area contributed by atoms with Gasteiger partial charge in [-0.15, -0.1) is 0 Å². The summed E-state index contributed by atoms with van der Waals surface area (Å²) in [5.41, 5.74) is 3.32. The minimum atomic E-state index is -0.317. The second kappa shape index (κ2) is 7.47. The topological polar surface area (TPSA) is 37.4 Å². The number of hydrogen-bond acceptors (Lipinski definition) is 2. The summed E-state index contributed by atoms with van der Waals surface area (Å²) < 4.78 is 0. The van der Waals surface area contributed by atoms with Gasteiger partial charge in [-0.3, -0.25) is 9.59 Å². The molecule has 0 bridgehead atoms. The molecule has 0 spiro atoms. The zero-order chi connectivity index (χ0) is 22.4. The van der Waals surface area contributed by atoms with Gasteiger partial charge in [-0.05, 0) is 47.2 Å². The summed E-state index contributed by atoms with van der Waals surface area (Å²) in [4.78, 5) is 28.5. The van der Waals surface area contributed by atoms with Crippen molar-refractivity contribution in [2.45, 2.75) is 0 Å². The summed E-state index contributed by atoms with van der Waals surface area (Å²) in [6, 6.07) is 32.4. The smallest absolute Gasteiger partial charge is 0.266 e. The normalized spacial score (nSPS) is 12.7. The fourth-order valence-corrected chi connectivity index (χ4v) is 4.49. The molecule has 33 heavy (non-hydrogen) atoms. The zero-order valence-electron chi connectivity index (χ0n) is 17.6. The van der Waals surface area contributed by atoms with Crippen molar-refractivity contribution in [2.24, 2.45) is 0 Å². The van der Waals surface area contributed by atoms with E-state index in [1.54, 1.807) is 12.1 Å². The van der Waals surface area contributed by atoms with E-state index in [0.29, 0.717) is 22.2 Å². The molecule has 1 aliphatic heterocycles. The van der Waals surface area contributed by atoms with Crippen molar-refractivity contribution in [3.8, 4) is 11.8 Å². The molecule has 6 rings (SSSR count). The molecule has 0 aliphatic carbocycles. The lowest BCUT2D eigenvalue weighted by Crippen LogP contribution is -2.40. The van der Waals surface area contributed by atoms with Crippen LogP contribution in [0.4, 0.5) is 5.69 Å². The van der Waals surface area contributed by atoms with Gasteiger partial charge in [-0.1, -0.05) is 78.6 Å². The van der Waals surface area contributed by atoms with Gasteiger partial charge in [0.25, 0.3) is 11.8 Å². The van der Waals surface area contributed by atoms with Crippen molar-refractivity contribution in [3.63, 3.8) is 0 Å². The summed E-state index contributed by atoms with van der Waals surface area (Å²) in [5, 5.41) is 3.32. The lowest BCUT2D eigenvalue weighted by molar-refractivity contribution is 0.0894. The van der Waals surface area contributed by atoms with E-state index < -0.39 is 0 Å². The Morgan fingerprint density at radius 3 is 2.06 bits per heavy atom. The second-order valence-electron chi connectivity index (χ2n) is 7.95. The van der Waals surface area contributed by atoms with Crippen LogP contribution in [-0.4, -0.2) is 11.8 Å². The van der Waals surface area contributed by atoms with Crippen LogP contribution < -0.4 is 4.90 Å². The summed E-state index contributed by atoms with van der Waals surface area (Å²) in [5.74, 6) is 5.76. The summed E-state index contributed by atoms with van der Waals surface area (Å²) in [7, 11) is 0. The van der Waals surface area contributed by atoms with Gasteiger partial charge in [0.2, 0.25) is 0 Å². The summed E-state index contributed by atoms with van der Waals surface area (Å²) in [6.45, 7) is 0. The van der Waals surface area contributed by atoms with Crippen molar-refractivity contribution in [3.05, 3.63) is 125 Å². The third kappa shape index (κ3) is 3.01. The Morgan fingerprint density at radius 2 is 1.21 bits per heavy atom. The highest BCUT2D eigenvalue weighted by Crippen LogP contribution is 2.36. The minimum absolute atomic E-state index is 0.317. The predicted molar refractivity (Wildman–Crippen MR) is 131 cm³/mol. The number of carbonyl (C=O) groups is 2. The van der Waals surface area contributed by atoms with Crippen LogP contribution in [0.2, 0.25) is 0 Å². The van der Waals surface area contributed by atoms with Gasteiger partial charge < -0.3 is 0 Å². The van der Waals surface area contributed by atoms with E-state index in [4.69, 9.17) is 0 Å². The van der Waals surface area contributed by atoms with Crippen LogP contribution >= 0.6 is 0 Å². The molecule has 1 heterocycles. The summed E-state index contributed by atoms with van der Waals surface area (Å²) >= 11 is 0. The Kier molecular flexibility index (Phi) is 4.31. The van der Waals surface area contributed by atoms with Crippen molar-refractivity contribution in [1.82, 2.24) is 0 Å². The molecule has 1 aliphatic rings. The Labute approximate surface area is 190 Å². The first-order valence-electron chi connectivity index (χ1n) is 10.7. The number of imide groups is 1. The number of carbonyl (C=O) groups excluding carboxylic acids is 2. The van der Waals surface area contributed by atoms with Crippen molar-refractivity contribution < 1.29 is 9.59 Å². The molecular formula is C30H17NO2. The molecule has 0 saturated carbocycles. The van der Waals surface area contributed by atoms with E-state index in [0.717, 1.165) is 27.3 Å². The second-order valence-corrected chi connectivity index (χ2v) is 7.95. The number of amides is 2. The predicted octanol–water partition coefficient (Wildman–Crippen LogP) is 6.19. The average Bonchev–Trinajstić information content (AvgIpc) is 2.87. The molecule has 0 atom stereocenters. The highest BCUT2D eigenvalue weighted by molar-refractivity contribution is 6.37. The maximum absolute atomic E-state index is 13.6. The molecule has 0 unspecified atom stereocenters. The van der Waals surface area contributed by atoms with E-state index in [1.807, 2.05) is 91.0 Å². The SMILES string of the molecule is O=C1c2cccc3c(C#Cc4ccccc4)ccc(c23)C(=O)N1c1cccc2ccccc12. The maximum Gasteiger partial charge on any atom is 0.266 e. The number of nitrogens with zero attached hydrogens (tertiary/aromatic N) is 1. The molecule has 0 radical (unpaired) electrons. The quantitative estimate of drug-likeness (QED) is 0.238. The van der Waals surface area contributed by atoms with Gasteiger partial charge in [0.05, 0.1) is 5.69 Å². The van der Waals surface area contributed by atoms with E-state index >= 15 is 0 Å². The van der Waals surface area contributed by atoms with Gasteiger partial charge in [0, 0.05) is 33.0 Å². The van der Waals surface area contributed by atoms with Crippen LogP contribution in [-0.2, 0) is 0 Å². The zero-order valence-corrected chi connectivity index (χ0v) is 17.6. The van der Waals surface area contributed by atoms with Crippen molar-refractivity contribution in [1.29, 1.82) is 0 Å². The van der Waals surface area contributed by atoms with E-state index in [-0.39, 0.29) is 11.8 Å². The first-order valence-corrected chi connectivity index (χ1v) is 10.7. The first kappa shape index (κ1) is 19.0. The third-order valence-electron chi connectivity index (χ3n) is 6.03. The number of hydrogen-bond donors (Lipinski definition) is 0. The van der Waals surface area contributed by atoms with E-state index in [2.05, 4.69) is 11.8 Å². The maximum atomic E-state index is 13.6. The minimum Gasteiger partial charge on any atom is -0.268 e. The van der Waals surface area contributed by atoms with Gasteiger partial charge in [0.15, 0.2) is 0 Å². The van der Waals surface area contributed by atoms with Crippen molar-refractivity contribution >= 4 is 39.0 Å². The highest BCUT2D eigenvalue weighted by atomic mass is 16.2. The van der Waals surface area contributed by atoms with Crippen LogP contribution in [0.3, 0.4) is 0 Å². The Bertz CT molecular complexity index is 1630. The first-order chi connectivity index (χ1) is 16.2. The molecule has 2 amide bonds. The number of fused-ring (bicyclic) bond motifs is 1. The fraction of sp³-hybridized carbons (Fsp3) is 0. The molecule has 0 N–H and O–H groups in total. The molecule has 5 aromatic carbocycles. The number of anilines is 1. The standard InChI is InChI=1S/C30H17NO2/c32-29-25-14-7-13-24-22(17-16-20-8-2-1-3-9-20)18-19-26(28(24)25)30(33)31(29)27-15-6-11-21-10-4-5-12-23(21)27/h1-15,18-19H. The van der Waals surface area contributed by atoms with Gasteiger partial charge in [-0.25, -0.2) is 4.90 Å². The van der Waals surface area contributed by atoms with Gasteiger partial charge in [-0.2, -0.15) is 0 Å². The van der Waals surface area contributed by atoms with Crippen LogP contribution in [0, 0.1) is 11.8 Å². The molecule has 3 nitrogen and oxygen atoms in total. The van der Waals surface area contributed by atoms with Gasteiger partial charge >= 0.3 is 0 Å². The largest absolute Gasteiger partial charge is 0.268 e. The monoisotopic (exact) mass is 423 g/mol. The van der Waals surface area contributed by atoms with E-state index in [1.165, 1.54) is 4.90 Å². The van der Waals surface area contributed by atoms with Crippen LogP contribution in [0.15, 0.2) is 103 Å². The molecular weight excluding hydrogens is 406 g/mol. The lowest BCUT2D eigenvalue weighted by atomic mass is 9.90. The number of benzene rings is 5. The van der Waals surface area contributed by atoms with Crippen LogP contribution in [0.1, 0.15) is 31.8 Å². The van der Waals surface area contributed by atoms with Crippen LogP contribution in [0.25, 0.3) is 21.5 Å². The molecule has 5 aromatic rings.